The molecule has 0 atom stereocenters. The Morgan fingerprint density at radius 2 is 1.09 bits per heavy atom. The molecular weight excluding hydrogens is 232 g/mol. The van der Waals surface area contributed by atoms with Crippen LogP contribution in [0.3, 0.4) is 0 Å². The van der Waals surface area contributed by atoms with Crippen molar-refractivity contribution in [3.05, 3.63) is 0 Å². The van der Waals surface area contributed by atoms with E-state index in [1.165, 1.54) is 0 Å². The molecule has 0 aliphatic carbocycles. The molecule has 0 heterocycles. The average molecular weight is 232 g/mol. The van der Waals surface area contributed by atoms with E-state index in [1.54, 1.807) is 0 Å². The van der Waals surface area contributed by atoms with Crippen molar-refractivity contribution in [2.45, 2.75) is 0 Å². The maximum Gasteiger partial charge on any atom is 1.00 e. The number of rotatable bonds is 2. The first-order chi connectivity index (χ1) is 3.71. The van der Waals surface area contributed by atoms with Crippen LogP contribution < -0.4 is 38.4 Å². The van der Waals surface area contributed by atoms with Crippen LogP contribution in [0.25, 0.3) is 0 Å². The van der Waals surface area contributed by atoms with Gasteiger partial charge in [-0.15, -0.1) is 0 Å². The zero-order chi connectivity index (χ0) is 7.71. The average Bonchev–Trinajstić information content (AvgIpc) is 1.14. The molecule has 0 bridgehead atoms. The van der Waals surface area contributed by atoms with E-state index in [2.05, 4.69) is 4.31 Å². The second-order valence-electron chi connectivity index (χ2n) is 0.976. The summed E-state index contributed by atoms with van der Waals surface area (Å²) in [6.45, 7) is 0. The van der Waals surface area contributed by atoms with E-state index in [4.69, 9.17) is 0 Å². The van der Waals surface area contributed by atoms with Crippen LogP contribution in [0.4, 0.5) is 0 Å². The van der Waals surface area contributed by atoms with Crippen LogP contribution in [0.5, 0.6) is 0 Å². The second kappa shape index (κ2) is 5.98. The van der Waals surface area contributed by atoms with Gasteiger partial charge >= 0.3 is 18.9 Å². The van der Waals surface area contributed by atoms with Crippen molar-refractivity contribution in [1.82, 2.24) is 0 Å². The summed E-state index contributed by atoms with van der Waals surface area (Å²) in [6, 6.07) is 0. The van der Waals surface area contributed by atoms with Crippen LogP contribution in [0.2, 0.25) is 0 Å². The monoisotopic (exact) mass is 232 g/mol. The molecule has 0 aromatic heterocycles. The summed E-state index contributed by atoms with van der Waals surface area (Å²) in [4.78, 5) is 37.3. The van der Waals surface area contributed by atoms with Crippen LogP contribution in [0.15, 0.2) is 0 Å². The van der Waals surface area contributed by atoms with Crippen molar-refractivity contribution in [1.29, 1.82) is 0 Å². The zero-order valence-corrected chi connectivity index (χ0v) is 8.38. The third-order valence-electron chi connectivity index (χ3n) is 0.200. The molecular formula is LiO7P2V-3. The topological polar surface area (TPSA) is 136 Å². The van der Waals surface area contributed by atoms with Crippen LogP contribution in [0, 0.1) is 0 Å². The smallest absolute Gasteiger partial charge is 0.790 e. The van der Waals surface area contributed by atoms with Gasteiger partial charge in [-0.3, -0.25) is 0 Å². The van der Waals surface area contributed by atoms with E-state index in [0.717, 1.165) is 0 Å². The predicted molar refractivity (Wildman–Crippen MR) is 16.3 cm³/mol. The van der Waals surface area contributed by atoms with E-state index in [1.807, 2.05) is 0 Å². The molecule has 0 unspecified atom stereocenters. The predicted octanol–water partition coefficient (Wildman–Crippen LogP) is -6.34. The van der Waals surface area contributed by atoms with Gasteiger partial charge in [0.25, 0.3) is 0 Å². The standard InChI is InChI=1S/Li.H4O7P2.V/c;1-8(2,3)7-9(4,5)6;/h;(H2,1,2,3)(H2,4,5,6);/q+1;;/p-4. The maximum absolute atomic E-state index is 9.32. The molecule has 0 aromatic carbocycles. The van der Waals surface area contributed by atoms with Gasteiger partial charge in [-0.25, -0.2) is 0 Å². The minimum Gasteiger partial charge on any atom is -0.790 e. The fraction of sp³-hybridized carbons (Fsp3) is 0. The van der Waals surface area contributed by atoms with E-state index < -0.39 is 15.6 Å². The fourth-order valence-corrected chi connectivity index (χ4v) is 1.10. The first kappa shape index (κ1) is 18.3. The molecule has 0 aliphatic rings. The van der Waals surface area contributed by atoms with E-state index in [0.29, 0.717) is 0 Å². The number of hydrogen-bond donors (Lipinski definition) is 0. The Hall–Kier alpha value is 1.44. The molecule has 0 aromatic rings. The van der Waals surface area contributed by atoms with Crippen molar-refractivity contribution in [2.75, 3.05) is 0 Å². The molecule has 0 saturated carbocycles. The van der Waals surface area contributed by atoms with Crippen LogP contribution in [-0.4, -0.2) is 0 Å². The molecule has 7 nitrogen and oxygen atoms in total. The van der Waals surface area contributed by atoms with Gasteiger partial charge in [0.05, 0.1) is 15.6 Å². The molecule has 0 saturated heterocycles. The van der Waals surface area contributed by atoms with Crippen molar-refractivity contribution >= 4 is 15.6 Å². The molecule has 0 N–H and O–H groups in total. The van der Waals surface area contributed by atoms with Gasteiger partial charge < -0.3 is 33.0 Å². The van der Waals surface area contributed by atoms with E-state index in [9.17, 15) is 28.7 Å². The Labute approximate surface area is 86.1 Å². The largest absolute Gasteiger partial charge is 1.00 e. The molecule has 0 spiro atoms. The fourth-order valence-electron chi connectivity index (χ4n) is 0.122. The molecule has 0 rings (SSSR count). The summed E-state index contributed by atoms with van der Waals surface area (Å²) in [6.07, 6.45) is 0. The zero-order valence-electron chi connectivity index (χ0n) is 5.20. The summed E-state index contributed by atoms with van der Waals surface area (Å²) < 4.78 is 21.2. The van der Waals surface area contributed by atoms with Crippen molar-refractivity contribution in [3.8, 4) is 0 Å². The molecule has 61 valence electrons. The first-order valence-corrected chi connectivity index (χ1v) is 4.38. The molecule has 0 fully saturated rings. The third kappa shape index (κ3) is 18.4. The Balaban J connectivity index is -0.000000320. The summed E-state index contributed by atoms with van der Waals surface area (Å²) in [7, 11) is -11.4. The van der Waals surface area contributed by atoms with Gasteiger partial charge in [0.1, 0.15) is 0 Å². The summed E-state index contributed by atoms with van der Waals surface area (Å²) >= 11 is 0. The van der Waals surface area contributed by atoms with Crippen molar-refractivity contribution in [2.24, 2.45) is 0 Å². The Morgan fingerprint density at radius 3 is 1.09 bits per heavy atom. The van der Waals surface area contributed by atoms with Crippen LogP contribution in [0.1, 0.15) is 0 Å². The summed E-state index contributed by atoms with van der Waals surface area (Å²) in [5.41, 5.74) is 0. The van der Waals surface area contributed by atoms with Gasteiger partial charge in [0.15, 0.2) is 0 Å². The second-order valence-corrected chi connectivity index (χ2v) is 3.42. The normalized spacial score (nSPS) is 11.3. The maximum atomic E-state index is 9.32. The van der Waals surface area contributed by atoms with Gasteiger partial charge in [0.2, 0.25) is 0 Å². The van der Waals surface area contributed by atoms with Gasteiger partial charge in [-0.05, 0) is 0 Å². The molecule has 0 aliphatic heterocycles. The van der Waals surface area contributed by atoms with Crippen molar-refractivity contribution in [3.63, 3.8) is 0 Å². The third-order valence-corrected chi connectivity index (χ3v) is 1.80. The first-order valence-electron chi connectivity index (χ1n) is 1.46. The van der Waals surface area contributed by atoms with Crippen LogP contribution >= 0.6 is 15.6 Å². The SMILES string of the molecule is O=P([O-])([O-])OP(=O)([O-])[O-].[Li+].[V]. The Kier molecular flexibility index (Phi) is 9.94. The van der Waals surface area contributed by atoms with E-state index in [-0.39, 0.29) is 37.4 Å². The van der Waals surface area contributed by atoms with Crippen molar-refractivity contribution < 1.29 is 70.4 Å². The number of phosphoric acid groups is 2. The molecule has 1 radical (unpaired) electrons. The Morgan fingerprint density at radius 1 is 0.909 bits per heavy atom. The minimum absolute atomic E-state index is 0. The minimum atomic E-state index is -5.68. The van der Waals surface area contributed by atoms with Gasteiger partial charge in [-0.1, -0.05) is 0 Å². The van der Waals surface area contributed by atoms with Gasteiger partial charge in [0, 0.05) is 18.6 Å². The molecule has 0 amide bonds. The van der Waals surface area contributed by atoms with E-state index >= 15 is 0 Å². The number of hydrogen-bond acceptors (Lipinski definition) is 7. The van der Waals surface area contributed by atoms with Crippen LogP contribution in [-0.2, 0) is 32.0 Å². The quantitative estimate of drug-likeness (QED) is 0.341. The summed E-state index contributed by atoms with van der Waals surface area (Å²) in [5, 5.41) is 0. The Bertz CT molecular complexity index is 157. The molecule has 11 heavy (non-hydrogen) atoms. The summed E-state index contributed by atoms with van der Waals surface area (Å²) in [5.74, 6) is 0. The van der Waals surface area contributed by atoms with Gasteiger partial charge in [-0.2, -0.15) is 0 Å². The molecule has 11 heteroatoms.